The van der Waals surface area contributed by atoms with Crippen LogP contribution in [-0.2, 0) is 0 Å². The smallest absolute Gasteiger partial charge is 0.253 e. The lowest BCUT2D eigenvalue weighted by atomic mass is 9.95. The summed E-state index contributed by atoms with van der Waals surface area (Å²) < 4.78 is 0. The van der Waals surface area contributed by atoms with E-state index in [2.05, 4.69) is 22.0 Å². The van der Waals surface area contributed by atoms with E-state index in [1.54, 1.807) is 6.07 Å². The molecule has 5 nitrogen and oxygen atoms in total. The van der Waals surface area contributed by atoms with Gasteiger partial charge in [-0.1, -0.05) is 11.6 Å². The second-order valence-corrected chi connectivity index (χ2v) is 6.43. The van der Waals surface area contributed by atoms with Crippen LogP contribution in [0.3, 0.4) is 0 Å². The zero-order chi connectivity index (χ0) is 14.5. The van der Waals surface area contributed by atoms with Gasteiger partial charge in [-0.15, -0.1) is 0 Å². The predicted molar refractivity (Wildman–Crippen MR) is 84.1 cm³/mol. The van der Waals surface area contributed by atoms with Gasteiger partial charge in [-0.25, -0.2) is 10.8 Å². The Hall–Kier alpha value is -0.980. The van der Waals surface area contributed by atoms with Crippen LogP contribution < -0.4 is 16.6 Å². The van der Waals surface area contributed by atoms with Crippen molar-refractivity contribution in [2.45, 2.75) is 37.0 Å². The molecule has 0 aromatic carbocycles. The quantitative estimate of drug-likeness (QED) is 0.587. The van der Waals surface area contributed by atoms with Crippen LogP contribution in [0.1, 0.15) is 36.0 Å². The van der Waals surface area contributed by atoms with E-state index in [9.17, 15) is 4.79 Å². The fourth-order valence-electron chi connectivity index (χ4n) is 2.38. The number of hydrazine groups is 1. The van der Waals surface area contributed by atoms with Gasteiger partial charge in [0, 0.05) is 17.5 Å². The van der Waals surface area contributed by atoms with E-state index in [-0.39, 0.29) is 11.9 Å². The molecule has 1 heterocycles. The second kappa shape index (κ2) is 7.15. The van der Waals surface area contributed by atoms with Gasteiger partial charge in [0.15, 0.2) is 5.82 Å². The fraction of sp³-hybridized carbons (Fsp3) is 0.538. The van der Waals surface area contributed by atoms with Gasteiger partial charge in [0.25, 0.3) is 5.91 Å². The van der Waals surface area contributed by atoms with Crippen LogP contribution in [0.15, 0.2) is 12.3 Å². The van der Waals surface area contributed by atoms with Crippen molar-refractivity contribution in [3.63, 3.8) is 0 Å². The van der Waals surface area contributed by atoms with Crippen LogP contribution in [0.5, 0.6) is 0 Å². The number of nitrogens with zero attached hydrogens (tertiary/aromatic N) is 1. The van der Waals surface area contributed by atoms with E-state index in [1.165, 1.54) is 6.20 Å². The molecule has 2 rings (SSSR count). The maximum Gasteiger partial charge on any atom is 0.253 e. The average molecular weight is 315 g/mol. The lowest BCUT2D eigenvalue weighted by Gasteiger charge is -2.28. The lowest BCUT2D eigenvalue weighted by molar-refractivity contribution is 0.0928. The molecule has 0 saturated heterocycles. The summed E-state index contributed by atoms with van der Waals surface area (Å²) in [7, 11) is 0. The number of thioether (sulfide) groups is 1. The highest BCUT2D eigenvalue weighted by Crippen LogP contribution is 2.27. The van der Waals surface area contributed by atoms with Gasteiger partial charge in [-0.05, 0) is 38.0 Å². The molecule has 20 heavy (non-hydrogen) atoms. The highest BCUT2D eigenvalue weighted by atomic mass is 35.5. The Balaban J connectivity index is 1.93. The molecule has 1 saturated carbocycles. The van der Waals surface area contributed by atoms with E-state index in [0.717, 1.165) is 30.9 Å². The number of anilines is 1. The number of amides is 1. The maximum atomic E-state index is 12.1. The molecule has 0 bridgehead atoms. The molecule has 1 amide bonds. The molecule has 1 aliphatic carbocycles. The van der Waals surface area contributed by atoms with Gasteiger partial charge in [-0.3, -0.25) is 4.79 Å². The number of nitrogen functional groups attached to an aromatic ring is 1. The summed E-state index contributed by atoms with van der Waals surface area (Å²) in [6.45, 7) is 0. The first-order chi connectivity index (χ1) is 9.63. The third-order valence-electron chi connectivity index (χ3n) is 3.58. The molecule has 1 aromatic rings. The zero-order valence-corrected chi connectivity index (χ0v) is 12.9. The van der Waals surface area contributed by atoms with E-state index >= 15 is 0 Å². The molecule has 0 spiro atoms. The third-order valence-corrected chi connectivity index (χ3v) is 5.01. The number of halogens is 1. The predicted octanol–water partition coefficient (Wildman–Crippen LogP) is 2.42. The number of pyridine rings is 1. The van der Waals surface area contributed by atoms with Gasteiger partial charge in [-0.2, -0.15) is 11.8 Å². The van der Waals surface area contributed by atoms with Crippen molar-refractivity contribution in [2.75, 3.05) is 11.7 Å². The van der Waals surface area contributed by atoms with Crippen molar-refractivity contribution in [3.8, 4) is 0 Å². The number of hydrogen-bond acceptors (Lipinski definition) is 5. The lowest BCUT2D eigenvalue weighted by Crippen LogP contribution is -2.38. The Bertz CT molecular complexity index is 477. The van der Waals surface area contributed by atoms with E-state index in [1.807, 2.05) is 11.8 Å². The standard InChI is InChI=1S/C13H19ClN4OS/c1-20-10-4-2-9(3-5-10)17-13(19)8-6-11(14)12(18-15)16-7-8/h6-7,9-10H,2-5,15H2,1H3,(H,16,18)(H,17,19). The largest absolute Gasteiger partial charge is 0.349 e. The van der Waals surface area contributed by atoms with Crippen LogP contribution in [0.4, 0.5) is 5.82 Å². The van der Waals surface area contributed by atoms with E-state index in [4.69, 9.17) is 17.4 Å². The van der Waals surface area contributed by atoms with Crippen LogP contribution in [0.25, 0.3) is 0 Å². The first kappa shape index (κ1) is 15.4. The van der Waals surface area contributed by atoms with Gasteiger partial charge in [0.1, 0.15) is 0 Å². The van der Waals surface area contributed by atoms with Gasteiger partial charge >= 0.3 is 0 Å². The summed E-state index contributed by atoms with van der Waals surface area (Å²) in [5.41, 5.74) is 2.84. The molecule has 1 fully saturated rings. The summed E-state index contributed by atoms with van der Waals surface area (Å²) in [6.07, 6.45) is 7.98. The van der Waals surface area contributed by atoms with Gasteiger partial charge in [0.2, 0.25) is 0 Å². The topological polar surface area (TPSA) is 80.0 Å². The molecule has 4 N–H and O–H groups in total. The summed E-state index contributed by atoms with van der Waals surface area (Å²) in [4.78, 5) is 16.2. The number of hydrogen-bond donors (Lipinski definition) is 3. The first-order valence-corrected chi connectivity index (χ1v) is 8.26. The summed E-state index contributed by atoms with van der Waals surface area (Å²) in [5, 5.41) is 4.12. The van der Waals surface area contributed by atoms with E-state index in [0.29, 0.717) is 16.4 Å². The monoisotopic (exact) mass is 314 g/mol. The van der Waals surface area contributed by atoms with Crippen LogP contribution in [0, 0.1) is 0 Å². The van der Waals surface area contributed by atoms with Gasteiger partial charge < -0.3 is 10.7 Å². The Morgan fingerprint density at radius 1 is 1.45 bits per heavy atom. The molecule has 110 valence electrons. The van der Waals surface area contributed by atoms with Crippen molar-refractivity contribution in [1.82, 2.24) is 10.3 Å². The van der Waals surface area contributed by atoms with Crippen LogP contribution in [-0.4, -0.2) is 28.4 Å². The zero-order valence-electron chi connectivity index (χ0n) is 11.4. The number of carbonyl (C=O) groups excluding carboxylic acids is 1. The van der Waals surface area contributed by atoms with Crippen LogP contribution in [0.2, 0.25) is 5.02 Å². The molecule has 7 heteroatoms. The first-order valence-electron chi connectivity index (χ1n) is 6.60. The van der Waals surface area contributed by atoms with Gasteiger partial charge in [0.05, 0.1) is 10.6 Å². The Kier molecular flexibility index (Phi) is 5.51. The molecule has 1 aromatic heterocycles. The van der Waals surface area contributed by atoms with Crippen molar-refractivity contribution in [2.24, 2.45) is 5.84 Å². The molecule has 0 radical (unpaired) electrons. The summed E-state index contributed by atoms with van der Waals surface area (Å²) in [6, 6.07) is 1.82. The second-order valence-electron chi connectivity index (χ2n) is 4.88. The highest BCUT2D eigenvalue weighted by molar-refractivity contribution is 7.99. The number of rotatable bonds is 4. The SMILES string of the molecule is CSC1CCC(NC(=O)c2cnc(NN)c(Cl)c2)CC1. The Morgan fingerprint density at radius 3 is 2.70 bits per heavy atom. The summed E-state index contributed by atoms with van der Waals surface area (Å²) >= 11 is 7.88. The molecular formula is C13H19ClN4OS. The van der Waals surface area contributed by atoms with Crippen molar-refractivity contribution >= 4 is 35.1 Å². The Labute approximate surface area is 128 Å². The van der Waals surface area contributed by atoms with Crippen molar-refractivity contribution in [3.05, 3.63) is 22.8 Å². The number of aromatic nitrogens is 1. The minimum Gasteiger partial charge on any atom is -0.349 e. The molecule has 0 aliphatic heterocycles. The molecule has 0 atom stereocenters. The maximum absolute atomic E-state index is 12.1. The van der Waals surface area contributed by atoms with Crippen molar-refractivity contribution in [1.29, 1.82) is 0 Å². The Morgan fingerprint density at radius 2 is 2.15 bits per heavy atom. The molecule has 1 aliphatic rings. The van der Waals surface area contributed by atoms with Crippen LogP contribution >= 0.6 is 23.4 Å². The van der Waals surface area contributed by atoms with E-state index < -0.39 is 0 Å². The minimum absolute atomic E-state index is 0.129. The number of nitrogens with two attached hydrogens (primary N) is 1. The number of nitrogens with one attached hydrogen (secondary N) is 2. The number of carbonyl (C=O) groups is 1. The fourth-order valence-corrected chi connectivity index (χ4v) is 3.34. The minimum atomic E-state index is -0.129. The van der Waals surface area contributed by atoms with Crippen molar-refractivity contribution < 1.29 is 4.79 Å². The average Bonchev–Trinajstić information content (AvgIpc) is 2.48. The highest BCUT2D eigenvalue weighted by Gasteiger charge is 2.22. The molecular weight excluding hydrogens is 296 g/mol. The summed E-state index contributed by atoms with van der Waals surface area (Å²) in [5.74, 6) is 5.49. The third kappa shape index (κ3) is 3.77. The normalized spacial score (nSPS) is 22.4. The molecule has 0 unspecified atom stereocenters.